The van der Waals surface area contributed by atoms with Gasteiger partial charge in [-0.1, -0.05) is 112 Å². The molecule has 11 aromatic rings. The molecule has 0 unspecified atom stereocenters. The topological polar surface area (TPSA) is 33.5 Å². The molecule has 0 amide bonds. The maximum atomic E-state index is 14.1. The van der Waals surface area contributed by atoms with E-state index in [1.54, 1.807) is 12.1 Å². The van der Waals surface area contributed by atoms with E-state index in [0.717, 1.165) is 78.2 Å². The molecule has 0 saturated heterocycles. The van der Waals surface area contributed by atoms with Crippen LogP contribution in [0.5, 0.6) is 11.5 Å². The zero-order valence-corrected chi connectivity index (χ0v) is 41.8. The number of nitrogens with zero attached hydrogens (tertiary/aromatic N) is 4. The summed E-state index contributed by atoms with van der Waals surface area (Å²) in [6.07, 6.45) is 1.82. The molecule has 342 valence electrons. The number of aryl methyl sites for hydroxylation is 1. The number of hydrogen-bond donors (Lipinski definition) is 0. The summed E-state index contributed by atoms with van der Waals surface area (Å²) in [7, 11) is 0. The van der Waals surface area contributed by atoms with Gasteiger partial charge in [0.15, 0.2) is 0 Å². The fourth-order valence-electron chi connectivity index (χ4n) is 9.91. The molecule has 0 spiro atoms. The Balaban J connectivity index is 0.00000520. The molecule has 3 aromatic heterocycles. The van der Waals surface area contributed by atoms with E-state index in [1.807, 2.05) is 53.9 Å². The zero-order valence-electron chi connectivity index (χ0n) is 38.7. The Morgan fingerprint density at radius 2 is 1.35 bits per heavy atom. The predicted molar refractivity (Wildman–Crippen MR) is 281 cm³/mol. The van der Waals surface area contributed by atoms with Crippen LogP contribution in [-0.4, -0.2) is 9.55 Å². The van der Waals surface area contributed by atoms with Crippen LogP contribution in [0, 0.1) is 31.5 Å². The number of hydrogen-bond acceptors (Lipinski definition) is 5. The van der Waals surface area contributed by atoms with Gasteiger partial charge in [0.25, 0.3) is 0 Å². The van der Waals surface area contributed by atoms with Gasteiger partial charge in [0, 0.05) is 81.5 Å². The first-order valence-electron chi connectivity index (χ1n) is 23.2. The standard InChI is InChI=1S/C61H46FN4OS.Pt/c1-37(2)52-32-41(40-21-23-43(62)24-22-40)33-53(38(3)4)60(52)65-36-64(55-27-20-39(5)29-57(55)65)44-30-42(47-15-12-16-51-50-14-7-9-18-58(50)68-61(47)51)31-46(34-44)67-45-25-26-49-48-13-6-8-17-54(48)66(56(49)35-45)59-19-10-11-28-63-59;/h6-33,36-38H,1-5H3;/q-3;. The van der Waals surface area contributed by atoms with Crippen molar-refractivity contribution in [1.82, 2.24) is 9.55 Å². The minimum Gasteiger partial charge on any atom is -0.509 e. The van der Waals surface area contributed by atoms with Crippen LogP contribution in [0.25, 0.3) is 70.0 Å². The Morgan fingerprint density at radius 3 is 2.12 bits per heavy atom. The maximum absolute atomic E-state index is 14.1. The van der Waals surface area contributed by atoms with Crippen molar-refractivity contribution in [3.05, 3.63) is 211 Å². The Bertz CT molecular complexity index is 3720. The normalized spacial score (nSPS) is 12.5. The quantitative estimate of drug-likeness (QED) is 0.135. The largest absolute Gasteiger partial charge is 0.509 e. The van der Waals surface area contributed by atoms with Gasteiger partial charge in [0.2, 0.25) is 0 Å². The predicted octanol–water partition coefficient (Wildman–Crippen LogP) is 17.4. The van der Waals surface area contributed by atoms with E-state index in [1.165, 1.54) is 31.3 Å². The summed E-state index contributed by atoms with van der Waals surface area (Å²) in [5, 5.41) is 4.67. The number of rotatable bonds is 9. The molecule has 0 fully saturated rings. The Labute approximate surface area is 420 Å². The monoisotopic (exact) mass is 1100 g/mol. The second-order valence-corrected chi connectivity index (χ2v) is 19.3. The van der Waals surface area contributed by atoms with Gasteiger partial charge in [-0.2, -0.15) is 6.07 Å². The van der Waals surface area contributed by atoms with Crippen molar-refractivity contribution >= 4 is 76.1 Å². The van der Waals surface area contributed by atoms with Crippen molar-refractivity contribution in [1.29, 1.82) is 0 Å². The fourth-order valence-corrected chi connectivity index (χ4v) is 11.1. The summed E-state index contributed by atoms with van der Waals surface area (Å²) in [4.78, 5) is 9.37. The number of ether oxygens (including phenoxy) is 1. The van der Waals surface area contributed by atoms with Crippen LogP contribution < -0.4 is 14.5 Å². The second-order valence-electron chi connectivity index (χ2n) is 18.3. The van der Waals surface area contributed by atoms with Gasteiger partial charge in [-0.05, 0) is 118 Å². The van der Waals surface area contributed by atoms with Crippen LogP contribution >= 0.6 is 11.3 Å². The first-order chi connectivity index (χ1) is 33.2. The van der Waals surface area contributed by atoms with Crippen LogP contribution in [-0.2, 0) is 21.1 Å². The molecule has 8 heteroatoms. The number of pyridine rings is 1. The first kappa shape index (κ1) is 44.5. The number of anilines is 4. The van der Waals surface area contributed by atoms with E-state index in [2.05, 4.69) is 183 Å². The van der Waals surface area contributed by atoms with Gasteiger partial charge in [0.1, 0.15) is 11.6 Å². The van der Waals surface area contributed by atoms with Crippen molar-refractivity contribution in [2.45, 2.75) is 46.5 Å². The van der Waals surface area contributed by atoms with E-state index in [9.17, 15) is 4.39 Å². The molecule has 0 N–H and O–H groups in total. The van der Waals surface area contributed by atoms with E-state index in [4.69, 9.17) is 9.72 Å². The minimum atomic E-state index is -0.240. The van der Waals surface area contributed by atoms with Crippen LogP contribution in [0.4, 0.5) is 27.1 Å². The number of benzene rings is 8. The summed E-state index contributed by atoms with van der Waals surface area (Å²) in [5.41, 5.74) is 13.9. The van der Waals surface area contributed by atoms with E-state index < -0.39 is 0 Å². The molecule has 5 nitrogen and oxygen atoms in total. The smallest absolute Gasteiger partial charge is 0.135 e. The average molecular weight is 1100 g/mol. The minimum absolute atomic E-state index is 0. The summed E-state index contributed by atoms with van der Waals surface area (Å²) in [5.74, 6) is 2.11. The molecule has 0 radical (unpaired) electrons. The summed E-state index contributed by atoms with van der Waals surface area (Å²) in [6, 6.07) is 63.6. The van der Waals surface area contributed by atoms with Gasteiger partial charge in [0.05, 0.1) is 0 Å². The van der Waals surface area contributed by atoms with Crippen molar-refractivity contribution in [3.8, 4) is 39.6 Å². The van der Waals surface area contributed by atoms with E-state index in [-0.39, 0.29) is 38.7 Å². The molecular formula is C61H46FN4OPtS-3. The van der Waals surface area contributed by atoms with Crippen LogP contribution in [0.3, 0.4) is 0 Å². The molecule has 0 saturated carbocycles. The third kappa shape index (κ3) is 7.78. The number of halogens is 1. The molecule has 0 atom stereocenters. The molecule has 1 aliphatic heterocycles. The summed E-state index contributed by atoms with van der Waals surface area (Å²) in [6.45, 7) is 13.4. The molecule has 0 bridgehead atoms. The number of fused-ring (bicyclic) bond motifs is 7. The molecule has 1 aliphatic rings. The summed E-state index contributed by atoms with van der Waals surface area (Å²) >= 11 is 1.82. The van der Waals surface area contributed by atoms with Crippen LogP contribution in [0.15, 0.2) is 170 Å². The first-order valence-corrected chi connectivity index (χ1v) is 24.0. The number of para-hydroxylation sites is 1. The van der Waals surface area contributed by atoms with E-state index >= 15 is 0 Å². The van der Waals surface area contributed by atoms with Crippen molar-refractivity contribution in [3.63, 3.8) is 0 Å². The van der Waals surface area contributed by atoms with Crippen molar-refractivity contribution in [2.24, 2.45) is 0 Å². The van der Waals surface area contributed by atoms with Gasteiger partial charge < -0.3 is 19.1 Å². The Kier molecular flexibility index (Phi) is 11.5. The molecule has 12 rings (SSSR count). The third-order valence-corrected chi connectivity index (χ3v) is 14.4. The number of aromatic nitrogens is 2. The third-order valence-electron chi connectivity index (χ3n) is 13.2. The van der Waals surface area contributed by atoms with Gasteiger partial charge in [-0.25, -0.2) is 9.37 Å². The van der Waals surface area contributed by atoms with Crippen LogP contribution in [0.1, 0.15) is 56.2 Å². The van der Waals surface area contributed by atoms with Crippen molar-refractivity contribution < 1.29 is 30.2 Å². The SMILES string of the molecule is Cc1ccc2c(c1)N(c1c(C(C)C)cc(-c3ccc(F)cc3)cc1C(C)C)[CH-]N2c1[c-]c(Oc2[c-]c3c(cc2)c2ccccc2n3-c2ccccn2)cc(-c2cccc3c2sc2ccccc23)c1.[Pt]. The molecule has 0 aliphatic carbocycles. The summed E-state index contributed by atoms with van der Waals surface area (Å²) < 4.78 is 25.7. The second kappa shape index (κ2) is 17.8. The zero-order chi connectivity index (χ0) is 46.2. The van der Waals surface area contributed by atoms with E-state index in [0.29, 0.717) is 11.5 Å². The molecule has 8 aromatic carbocycles. The average Bonchev–Trinajstić information content (AvgIpc) is 4.03. The molecule has 4 heterocycles. The Hall–Kier alpha value is -7.05. The maximum Gasteiger partial charge on any atom is 0.135 e. The van der Waals surface area contributed by atoms with Gasteiger partial charge in [-0.3, -0.25) is 0 Å². The Morgan fingerprint density at radius 1 is 0.609 bits per heavy atom. The van der Waals surface area contributed by atoms with Gasteiger partial charge in [-0.15, -0.1) is 65.0 Å². The fraction of sp³-hybridized carbons (Fsp3) is 0.115. The molecule has 69 heavy (non-hydrogen) atoms. The molecular weight excluding hydrogens is 1050 g/mol. The number of thiophene rings is 1. The van der Waals surface area contributed by atoms with Crippen LogP contribution in [0.2, 0.25) is 0 Å². The van der Waals surface area contributed by atoms with Crippen molar-refractivity contribution in [2.75, 3.05) is 9.80 Å². The van der Waals surface area contributed by atoms with Gasteiger partial charge >= 0.3 is 0 Å².